The summed E-state index contributed by atoms with van der Waals surface area (Å²) in [6.45, 7) is 2.73. The van der Waals surface area contributed by atoms with Crippen LogP contribution in [-0.4, -0.2) is 21.8 Å². The van der Waals surface area contributed by atoms with Crippen molar-refractivity contribution in [1.29, 1.82) is 0 Å². The molecule has 0 aliphatic heterocycles. The largest absolute Gasteiger partial charge is 0.493 e. The van der Waals surface area contributed by atoms with Crippen LogP contribution in [0.3, 0.4) is 0 Å². The molecule has 2 aromatic carbocycles. The number of rotatable bonds is 9. The lowest BCUT2D eigenvalue weighted by molar-refractivity contribution is 0.307. The number of ether oxygens (including phenoxy) is 1. The lowest BCUT2D eigenvalue weighted by atomic mass is 10.0. The van der Waals surface area contributed by atoms with Crippen molar-refractivity contribution in [2.45, 2.75) is 39.0 Å². The zero-order valence-corrected chi connectivity index (χ0v) is 18.0. The van der Waals surface area contributed by atoms with Gasteiger partial charge in [-0.05, 0) is 67.6 Å². The van der Waals surface area contributed by atoms with Gasteiger partial charge in [-0.2, -0.15) is 5.10 Å². The first-order chi connectivity index (χ1) is 14.7. The third kappa shape index (κ3) is 5.00. The Labute approximate surface area is 182 Å². The Morgan fingerprint density at radius 1 is 0.967 bits per heavy atom. The van der Waals surface area contributed by atoms with Gasteiger partial charge in [0.05, 0.1) is 17.8 Å². The van der Waals surface area contributed by atoms with Crippen LogP contribution in [0.2, 0.25) is 5.02 Å². The number of pyridine rings is 1. The number of nitrogens with zero attached hydrogens (tertiary/aromatic N) is 2. The van der Waals surface area contributed by atoms with Crippen molar-refractivity contribution >= 4 is 22.5 Å². The molecule has 154 valence electrons. The number of benzene rings is 2. The first-order valence-electron chi connectivity index (χ1n) is 10.5. The number of fused-ring (bicyclic) bond motifs is 1. The molecule has 0 saturated heterocycles. The van der Waals surface area contributed by atoms with Gasteiger partial charge in [-0.15, -0.1) is 0 Å². The zero-order chi connectivity index (χ0) is 20.8. The smallest absolute Gasteiger partial charge is 0.130 e. The fourth-order valence-electron chi connectivity index (χ4n) is 3.69. The molecule has 0 unspecified atom stereocenters. The van der Waals surface area contributed by atoms with Gasteiger partial charge >= 0.3 is 0 Å². The van der Waals surface area contributed by atoms with Crippen LogP contribution in [0.4, 0.5) is 0 Å². The highest BCUT2D eigenvalue weighted by Crippen LogP contribution is 2.26. The minimum atomic E-state index is 0.726. The third-order valence-electron chi connectivity index (χ3n) is 5.26. The number of halogens is 1. The summed E-state index contributed by atoms with van der Waals surface area (Å²) in [4.78, 5) is 4.57. The molecule has 4 rings (SSSR count). The third-order valence-corrected chi connectivity index (χ3v) is 5.63. The monoisotopic (exact) mass is 419 g/mol. The lowest BCUT2D eigenvalue weighted by Crippen LogP contribution is -1.99. The molecule has 30 heavy (non-hydrogen) atoms. The van der Waals surface area contributed by atoms with Crippen molar-refractivity contribution < 1.29 is 4.74 Å². The topological polar surface area (TPSA) is 50.8 Å². The van der Waals surface area contributed by atoms with E-state index in [1.54, 1.807) is 6.20 Å². The van der Waals surface area contributed by atoms with E-state index in [0.717, 1.165) is 77.3 Å². The Bertz CT molecular complexity index is 1110. The average molecular weight is 420 g/mol. The first-order valence-corrected chi connectivity index (χ1v) is 10.9. The van der Waals surface area contributed by atoms with Gasteiger partial charge in [0.25, 0.3) is 0 Å². The molecule has 0 spiro atoms. The van der Waals surface area contributed by atoms with Crippen LogP contribution in [0.25, 0.3) is 22.2 Å². The number of para-hydroxylation sites is 1. The molecule has 0 bridgehead atoms. The number of hydrogen-bond acceptors (Lipinski definition) is 3. The van der Waals surface area contributed by atoms with Crippen LogP contribution in [0.15, 0.2) is 60.8 Å². The molecule has 4 aromatic rings. The van der Waals surface area contributed by atoms with Crippen LogP contribution in [0.1, 0.15) is 36.9 Å². The number of aryl methyl sites for hydroxylation is 2. The van der Waals surface area contributed by atoms with E-state index in [1.807, 2.05) is 49.4 Å². The Balaban J connectivity index is 1.23. The molecule has 2 heterocycles. The summed E-state index contributed by atoms with van der Waals surface area (Å²) in [5.41, 5.74) is 5.31. The normalized spacial score (nSPS) is 11.1. The van der Waals surface area contributed by atoms with Crippen LogP contribution in [0, 0.1) is 6.92 Å². The van der Waals surface area contributed by atoms with Gasteiger partial charge in [-0.1, -0.05) is 42.6 Å². The van der Waals surface area contributed by atoms with E-state index in [9.17, 15) is 0 Å². The number of H-pyrrole nitrogens is 1. The quantitative estimate of drug-likeness (QED) is 0.304. The van der Waals surface area contributed by atoms with E-state index in [0.29, 0.717) is 0 Å². The molecular formula is C25H26ClN3O. The van der Waals surface area contributed by atoms with Crippen molar-refractivity contribution in [3.05, 3.63) is 77.1 Å². The van der Waals surface area contributed by atoms with Crippen LogP contribution >= 0.6 is 11.6 Å². The molecule has 0 amide bonds. The molecule has 5 heteroatoms. The maximum Gasteiger partial charge on any atom is 0.130 e. The van der Waals surface area contributed by atoms with Gasteiger partial charge in [0.15, 0.2) is 0 Å². The van der Waals surface area contributed by atoms with E-state index in [4.69, 9.17) is 16.3 Å². The number of unbranched alkanes of at least 4 members (excludes halogenated alkanes) is 3. The molecule has 0 aliphatic carbocycles. The van der Waals surface area contributed by atoms with Crippen molar-refractivity contribution in [3.8, 4) is 17.0 Å². The fourth-order valence-corrected chi connectivity index (χ4v) is 3.90. The Kier molecular flexibility index (Phi) is 6.65. The molecule has 4 nitrogen and oxygen atoms in total. The van der Waals surface area contributed by atoms with Crippen molar-refractivity contribution in [3.63, 3.8) is 0 Å². The predicted octanol–water partition coefficient (Wildman–Crippen LogP) is 6.77. The van der Waals surface area contributed by atoms with Gasteiger partial charge < -0.3 is 4.74 Å². The summed E-state index contributed by atoms with van der Waals surface area (Å²) in [5.74, 6) is 0.931. The Morgan fingerprint density at radius 3 is 2.70 bits per heavy atom. The average Bonchev–Trinajstić information content (AvgIpc) is 3.29. The summed E-state index contributed by atoms with van der Waals surface area (Å²) in [7, 11) is 0. The standard InChI is InChI=1S/C25H26ClN3O/c1-18-16-25(21-9-5-6-10-24(21)28-18)30-15-7-3-2-4-8-19-17-20(11-12-22(19)26)23-13-14-27-29-23/h5-6,9-14,16-17H,2-4,7-8,15H2,1H3,(H,27,29). The second-order valence-electron chi connectivity index (χ2n) is 7.57. The minimum Gasteiger partial charge on any atom is -0.493 e. The molecular weight excluding hydrogens is 394 g/mol. The molecule has 2 aromatic heterocycles. The minimum absolute atomic E-state index is 0.726. The predicted molar refractivity (Wildman–Crippen MR) is 123 cm³/mol. The number of hydrogen-bond donors (Lipinski definition) is 1. The van der Waals surface area contributed by atoms with E-state index in [-0.39, 0.29) is 0 Å². The van der Waals surface area contributed by atoms with Crippen LogP contribution < -0.4 is 4.74 Å². The Hall–Kier alpha value is -2.85. The molecule has 0 fully saturated rings. The summed E-state index contributed by atoms with van der Waals surface area (Å²) < 4.78 is 6.07. The molecule has 1 N–H and O–H groups in total. The van der Waals surface area contributed by atoms with Crippen molar-refractivity contribution in [1.82, 2.24) is 15.2 Å². The number of nitrogens with one attached hydrogen (secondary N) is 1. The zero-order valence-electron chi connectivity index (χ0n) is 17.2. The van der Waals surface area contributed by atoms with E-state index in [1.165, 1.54) is 5.56 Å². The van der Waals surface area contributed by atoms with Crippen molar-refractivity contribution in [2.75, 3.05) is 6.61 Å². The Morgan fingerprint density at radius 2 is 1.83 bits per heavy atom. The van der Waals surface area contributed by atoms with Crippen LogP contribution in [-0.2, 0) is 6.42 Å². The highest BCUT2D eigenvalue weighted by Gasteiger charge is 2.06. The maximum absolute atomic E-state index is 6.40. The first kappa shape index (κ1) is 20.4. The highest BCUT2D eigenvalue weighted by molar-refractivity contribution is 6.31. The van der Waals surface area contributed by atoms with Gasteiger partial charge in [-0.3, -0.25) is 10.1 Å². The molecule has 0 atom stereocenters. The fraction of sp³-hybridized carbons (Fsp3) is 0.280. The molecule has 0 saturated carbocycles. The number of aromatic nitrogens is 3. The SMILES string of the molecule is Cc1cc(OCCCCCCc2cc(-c3ccn[nH]3)ccc2Cl)c2ccccc2n1. The van der Waals surface area contributed by atoms with Crippen molar-refractivity contribution in [2.24, 2.45) is 0 Å². The van der Waals surface area contributed by atoms with Gasteiger partial charge in [0, 0.05) is 28.4 Å². The van der Waals surface area contributed by atoms with Gasteiger partial charge in [0.2, 0.25) is 0 Å². The lowest BCUT2D eigenvalue weighted by Gasteiger charge is -2.10. The second kappa shape index (κ2) is 9.77. The van der Waals surface area contributed by atoms with Crippen LogP contribution in [0.5, 0.6) is 5.75 Å². The number of aromatic amines is 1. The second-order valence-corrected chi connectivity index (χ2v) is 7.98. The highest BCUT2D eigenvalue weighted by atomic mass is 35.5. The summed E-state index contributed by atoms with van der Waals surface area (Å²) in [6, 6.07) is 18.3. The van der Waals surface area contributed by atoms with E-state index < -0.39 is 0 Å². The summed E-state index contributed by atoms with van der Waals surface area (Å²) in [6.07, 6.45) is 7.20. The van der Waals surface area contributed by atoms with Gasteiger partial charge in [-0.25, -0.2) is 0 Å². The van der Waals surface area contributed by atoms with E-state index >= 15 is 0 Å². The summed E-state index contributed by atoms with van der Waals surface area (Å²) >= 11 is 6.40. The van der Waals surface area contributed by atoms with E-state index in [2.05, 4.69) is 27.3 Å². The van der Waals surface area contributed by atoms with Gasteiger partial charge in [0.1, 0.15) is 5.75 Å². The molecule has 0 aliphatic rings. The maximum atomic E-state index is 6.40. The summed E-state index contributed by atoms with van der Waals surface area (Å²) in [5, 5.41) is 8.95. The molecule has 0 radical (unpaired) electrons.